The minimum Gasteiger partial charge on any atom is -0.383 e. The minimum absolute atomic E-state index is 0.0360. The standard InChI is InChI=1S/C20H26N4O3/c1-27-11-10-23-14-20(8-6-18(23)25)7-3-9-24(15-20)19(26)22-17-5-2-4-16(12-17)13-21/h2,4-5,12H,3,6-11,14-15H2,1H3,(H,22,26). The highest BCUT2D eigenvalue weighted by atomic mass is 16.5. The second-order valence-corrected chi connectivity index (χ2v) is 7.46. The van der Waals surface area contributed by atoms with Gasteiger partial charge in [-0.15, -0.1) is 0 Å². The van der Waals surface area contributed by atoms with Gasteiger partial charge in [-0.3, -0.25) is 4.79 Å². The molecular weight excluding hydrogens is 344 g/mol. The van der Waals surface area contributed by atoms with Gasteiger partial charge in [0.15, 0.2) is 0 Å². The average molecular weight is 370 g/mol. The number of hydrogen-bond donors (Lipinski definition) is 1. The maximum atomic E-state index is 12.7. The van der Waals surface area contributed by atoms with Crippen molar-refractivity contribution < 1.29 is 14.3 Å². The zero-order valence-electron chi connectivity index (χ0n) is 15.7. The van der Waals surface area contributed by atoms with E-state index in [1.807, 2.05) is 9.80 Å². The lowest BCUT2D eigenvalue weighted by molar-refractivity contribution is -0.139. The largest absolute Gasteiger partial charge is 0.383 e. The van der Waals surface area contributed by atoms with Crippen molar-refractivity contribution >= 4 is 17.6 Å². The number of rotatable bonds is 4. The van der Waals surface area contributed by atoms with Crippen LogP contribution in [-0.4, -0.2) is 61.6 Å². The molecule has 27 heavy (non-hydrogen) atoms. The molecule has 0 radical (unpaired) electrons. The molecule has 0 bridgehead atoms. The van der Waals surface area contributed by atoms with Crippen molar-refractivity contribution in [3.63, 3.8) is 0 Å². The van der Waals surface area contributed by atoms with E-state index < -0.39 is 0 Å². The molecule has 1 aromatic rings. The third kappa shape index (κ3) is 4.58. The zero-order valence-corrected chi connectivity index (χ0v) is 15.7. The molecular formula is C20H26N4O3. The van der Waals surface area contributed by atoms with E-state index >= 15 is 0 Å². The van der Waals surface area contributed by atoms with Gasteiger partial charge in [-0.05, 0) is 37.5 Å². The van der Waals surface area contributed by atoms with Crippen LogP contribution in [0.2, 0.25) is 0 Å². The van der Waals surface area contributed by atoms with E-state index in [1.54, 1.807) is 31.4 Å². The molecule has 2 aliphatic rings. The Morgan fingerprint density at radius 3 is 3.00 bits per heavy atom. The van der Waals surface area contributed by atoms with Crippen LogP contribution in [0, 0.1) is 16.7 Å². The Labute approximate surface area is 159 Å². The summed E-state index contributed by atoms with van der Waals surface area (Å²) in [7, 11) is 1.64. The van der Waals surface area contributed by atoms with Gasteiger partial charge < -0.3 is 19.9 Å². The average Bonchev–Trinajstić information content (AvgIpc) is 2.69. The number of anilines is 1. The van der Waals surface area contributed by atoms with Crippen molar-refractivity contribution in [2.75, 3.05) is 45.2 Å². The molecule has 7 nitrogen and oxygen atoms in total. The van der Waals surface area contributed by atoms with Gasteiger partial charge in [0.25, 0.3) is 0 Å². The molecule has 0 aromatic heterocycles. The summed E-state index contributed by atoms with van der Waals surface area (Å²) in [6, 6.07) is 8.85. The van der Waals surface area contributed by atoms with E-state index in [0.29, 0.717) is 50.5 Å². The Kier molecular flexibility index (Phi) is 5.97. The lowest BCUT2D eigenvalue weighted by atomic mass is 9.73. The zero-order chi connectivity index (χ0) is 19.3. The van der Waals surface area contributed by atoms with E-state index in [9.17, 15) is 9.59 Å². The monoisotopic (exact) mass is 370 g/mol. The Morgan fingerprint density at radius 2 is 2.22 bits per heavy atom. The number of nitriles is 1. The summed E-state index contributed by atoms with van der Waals surface area (Å²) in [5.74, 6) is 0.174. The lowest BCUT2D eigenvalue weighted by Crippen LogP contribution is -2.56. The number of ether oxygens (including phenoxy) is 1. The number of amides is 3. The number of nitrogens with zero attached hydrogens (tertiary/aromatic N) is 3. The molecule has 2 saturated heterocycles. The highest BCUT2D eigenvalue weighted by molar-refractivity contribution is 5.89. The second-order valence-electron chi connectivity index (χ2n) is 7.46. The van der Waals surface area contributed by atoms with E-state index in [4.69, 9.17) is 10.00 Å². The number of likely N-dealkylation sites (tertiary alicyclic amines) is 2. The van der Waals surface area contributed by atoms with Crippen molar-refractivity contribution in [2.45, 2.75) is 25.7 Å². The third-order valence-corrected chi connectivity index (χ3v) is 5.51. The van der Waals surface area contributed by atoms with Crippen LogP contribution < -0.4 is 5.32 Å². The molecule has 2 heterocycles. The highest BCUT2D eigenvalue weighted by Gasteiger charge is 2.42. The fourth-order valence-electron chi connectivity index (χ4n) is 4.09. The Balaban J connectivity index is 1.65. The second kappa shape index (κ2) is 8.40. The first kappa shape index (κ1) is 19.2. The maximum absolute atomic E-state index is 12.7. The summed E-state index contributed by atoms with van der Waals surface area (Å²) in [6.45, 7) is 3.17. The van der Waals surface area contributed by atoms with Crippen LogP contribution in [0.25, 0.3) is 0 Å². The normalized spacial score (nSPS) is 22.6. The summed E-state index contributed by atoms with van der Waals surface area (Å²) >= 11 is 0. The highest BCUT2D eigenvalue weighted by Crippen LogP contribution is 2.39. The van der Waals surface area contributed by atoms with Crippen LogP contribution >= 0.6 is 0 Å². The van der Waals surface area contributed by atoms with Crippen molar-refractivity contribution in [1.82, 2.24) is 9.80 Å². The van der Waals surface area contributed by atoms with Gasteiger partial charge >= 0.3 is 6.03 Å². The first-order chi connectivity index (χ1) is 13.0. The van der Waals surface area contributed by atoms with Crippen LogP contribution in [0.1, 0.15) is 31.2 Å². The number of piperidine rings is 2. The Bertz CT molecular complexity index is 745. The molecule has 144 valence electrons. The molecule has 1 unspecified atom stereocenters. The smallest absolute Gasteiger partial charge is 0.321 e. The predicted molar refractivity (Wildman–Crippen MR) is 101 cm³/mol. The molecule has 2 fully saturated rings. The van der Waals surface area contributed by atoms with Crippen molar-refractivity contribution in [3.05, 3.63) is 29.8 Å². The molecule has 2 aliphatic heterocycles. The van der Waals surface area contributed by atoms with Gasteiger partial charge in [0, 0.05) is 50.8 Å². The Morgan fingerprint density at radius 1 is 1.37 bits per heavy atom. The van der Waals surface area contributed by atoms with E-state index in [2.05, 4.69) is 11.4 Å². The maximum Gasteiger partial charge on any atom is 0.321 e. The number of carbonyl (C=O) groups excluding carboxylic acids is 2. The first-order valence-corrected chi connectivity index (χ1v) is 9.38. The van der Waals surface area contributed by atoms with Gasteiger partial charge in [0.05, 0.1) is 18.2 Å². The molecule has 1 N–H and O–H groups in total. The lowest BCUT2D eigenvalue weighted by Gasteiger charge is -2.48. The van der Waals surface area contributed by atoms with Gasteiger partial charge in [-0.25, -0.2) is 4.79 Å². The molecule has 3 amide bonds. The number of carbonyl (C=O) groups is 2. The molecule has 3 rings (SSSR count). The van der Waals surface area contributed by atoms with Crippen molar-refractivity contribution in [1.29, 1.82) is 5.26 Å². The van der Waals surface area contributed by atoms with Crippen LogP contribution in [0.5, 0.6) is 0 Å². The fourth-order valence-corrected chi connectivity index (χ4v) is 4.09. The fraction of sp³-hybridized carbons (Fsp3) is 0.550. The summed E-state index contributed by atoms with van der Waals surface area (Å²) < 4.78 is 5.12. The van der Waals surface area contributed by atoms with Gasteiger partial charge in [-0.2, -0.15) is 5.26 Å². The quantitative estimate of drug-likeness (QED) is 0.882. The summed E-state index contributed by atoms with van der Waals surface area (Å²) in [5, 5.41) is 11.9. The molecule has 0 aliphatic carbocycles. The molecule has 0 saturated carbocycles. The molecule has 1 atom stereocenters. The molecule has 1 spiro atoms. The molecule has 7 heteroatoms. The van der Waals surface area contributed by atoms with Gasteiger partial charge in [0.2, 0.25) is 5.91 Å². The summed E-state index contributed by atoms with van der Waals surface area (Å²) in [6.07, 6.45) is 3.31. The summed E-state index contributed by atoms with van der Waals surface area (Å²) in [5.41, 5.74) is 1.10. The number of nitrogens with one attached hydrogen (secondary N) is 1. The van der Waals surface area contributed by atoms with Crippen molar-refractivity contribution in [2.24, 2.45) is 5.41 Å². The SMILES string of the molecule is COCCN1CC2(CCCN(C(=O)Nc3cccc(C#N)c3)C2)CCC1=O. The van der Waals surface area contributed by atoms with E-state index in [1.165, 1.54) is 0 Å². The summed E-state index contributed by atoms with van der Waals surface area (Å²) in [4.78, 5) is 28.7. The topological polar surface area (TPSA) is 85.7 Å². The van der Waals surface area contributed by atoms with Gasteiger partial charge in [-0.1, -0.05) is 6.07 Å². The minimum atomic E-state index is -0.149. The third-order valence-electron chi connectivity index (χ3n) is 5.51. The Hall–Kier alpha value is -2.59. The predicted octanol–water partition coefficient (Wildman–Crippen LogP) is 2.44. The van der Waals surface area contributed by atoms with Crippen LogP contribution in [0.4, 0.5) is 10.5 Å². The number of benzene rings is 1. The van der Waals surface area contributed by atoms with E-state index in [0.717, 1.165) is 19.3 Å². The van der Waals surface area contributed by atoms with Crippen molar-refractivity contribution in [3.8, 4) is 6.07 Å². The number of methoxy groups -OCH3 is 1. The number of urea groups is 1. The van der Waals surface area contributed by atoms with Crippen LogP contribution in [0.3, 0.4) is 0 Å². The first-order valence-electron chi connectivity index (χ1n) is 9.38. The number of hydrogen-bond acceptors (Lipinski definition) is 4. The van der Waals surface area contributed by atoms with Gasteiger partial charge in [0.1, 0.15) is 0 Å². The van der Waals surface area contributed by atoms with E-state index in [-0.39, 0.29) is 17.4 Å². The van der Waals surface area contributed by atoms with Crippen LogP contribution in [-0.2, 0) is 9.53 Å². The van der Waals surface area contributed by atoms with Crippen LogP contribution in [0.15, 0.2) is 24.3 Å². The molecule has 1 aromatic carbocycles.